The molecule has 22 heavy (non-hydrogen) atoms. The van der Waals surface area contributed by atoms with Crippen molar-refractivity contribution in [3.05, 3.63) is 0 Å². The first kappa shape index (κ1) is 19.0. The summed E-state index contributed by atoms with van der Waals surface area (Å²) in [5.41, 5.74) is -4.67. The molecule has 1 atom stereocenters. The van der Waals surface area contributed by atoms with Crippen molar-refractivity contribution in [3.63, 3.8) is 0 Å². The fourth-order valence-corrected chi connectivity index (χ4v) is 2.11. The van der Waals surface area contributed by atoms with Crippen molar-refractivity contribution in [2.24, 2.45) is 0 Å². The summed E-state index contributed by atoms with van der Waals surface area (Å²) < 4.78 is 79.7. The molecule has 1 heterocycles. The van der Waals surface area contributed by atoms with E-state index in [1.165, 1.54) is 5.32 Å². The lowest BCUT2D eigenvalue weighted by Crippen LogP contribution is -2.65. The maximum absolute atomic E-state index is 12.7. The molecule has 0 spiro atoms. The number of carbonyl (C=O) groups is 2. The first-order chi connectivity index (χ1) is 9.91. The highest BCUT2D eigenvalue weighted by Crippen LogP contribution is 2.47. The molecule has 4 nitrogen and oxygen atoms in total. The summed E-state index contributed by atoms with van der Waals surface area (Å²) >= 11 is 5.07. The van der Waals surface area contributed by atoms with Crippen LogP contribution in [-0.2, 0) is 14.3 Å². The number of halogens is 7. The second-order valence-electron chi connectivity index (χ2n) is 4.75. The van der Waals surface area contributed by atoms with Crippen LogP contribution in [0.4, 0.5) is 26.3 Å². The first-order valence-electron chi connectivity index (χ1n) is 6.23. The zero-order valence-electron chi connectivity index (χ0n) is 11.0. The van der Waals surface area contributed by atoms with Gasteiger partial charge in [-0.1, -0.05) is 12.8 Å². The van der Waals surface area contributed by atoms with Gasteiger partial charge >= 0.3 is 24.0 Å². The number of nitrogens with one attached hydrogen (secondary N) is 1. The Labute approximate surface area is 126 Å². The van der Waals surface area contributed by atoms with E-state index in [1.807, 2.05) is 0 Å². The van der Waals surface area contributed by atoms with Crippen molar-refractivity contribution in [3.8, 4) is 0 Å². The summed E-state index contributed by atoms with van der Waals surface area (Å²) in [4.78, 5) is 21.7. The van der Waals surface area contributed by atoms with Crippen LogP contribution in [0.3, 0.4) is 0 Å². The number of alkyl halides is 6. The number of hydrogen-bond acceptors (Lipinski definition) is 4. The van der Waals surface area contributed by atoms with E-state index in [0.29, 0.717) is 12.8 Å². The van der Waals surface area contributed by atoms with Crippen LogP contribution < -0.4 is 5.32 Å². The highest BCUT2D eigenvalue weighted by atomic mass is 35.5. The minimum atomic E-state index is -5.83. The summed E-state index contributed by atoms with van der Waals surface area (Å²) in [7, 11) is 0. The molecule has 0 bridgehead atoms. The molecule has 1 aliphatic heterocycles. The Kier molecular flexibility index (Phi) is 5.71. The van der Waals surface area contributed by atoms with Crippen molar-refractivity contribution in [1.29, 1.82) is 0 Å². The van der Waals surface area contributed by atoms with Gasteiger partial charge < -0.3 is 4.74 Å². The zero-order valence-corrected chi connectivity index (χ0v) is 11.7. The van der Waals surface area contributed by atoms with Gasteiger partial charge in [0.1, 0.15) is 6.04 Å². The number of carbonyl (C=O) groups excluding carboxylic acids is 2. The number of hydrogen-bond donors (Lipinski definition) is 1. The van der Waals surface area contributed by atoms with Crippen LogP contribution in [0, 0.1) is 0 Å². The fourth-order valence-electron chi connectivity index (χ4n) is 1.98. The largest absolute Gasteiger partial charge is 0.452 e. The molecule has 1 N–H and O–H groups in total. The quantitative estimate of drug-likeness (QED) is 0.344. The van der Waals surface area contributed by atoms with Crippen LogP contribution in [-0.4, -0.2) is 35.3 Å². The Morgan fingerprint density at radius 1 is 1.14 bits per heavy atom. The lowest BCUT2D eigenvalue weighted by molar-refractivity contribution is -0.369. The van der Waals surface area contributed by atoms with E-state index in [4.69, 9.17) is 11.6 Å². The predicted molar refractivity (Wildman–Crippen MR) is 61.8 cm³/mol. The fraction of sp³-hybridized carbons (Fsp3) is 0.818. The van der Waals surface area contributed by atoms with Gasteiger partial charge in [-0.2, -0.15) is 26.3 Å². The van der Waals surface area contributed by atoms with Crippen molar-refractivity contribution >= 4 is 22.8 Å². The van der Waals surface area contributed by atoms with Gasteiger partial charge in [0.05, 0.1) is 0 Å². The molecule has 0 saturated carbocycles. The van der Waals surface area contributed by atoms with Crippen LogP contribution in [0.15, 0.2) is 0 Å². The van der Waals surface area contributed by atoms with Gasteiger partial charge in [0.25, 0.3) is 0 Å². The lowest BCUT2D eigenvalue weighted by Gasteiger charge is -2.31. The van der Waals surface area contributed by atoms with Gasteiger partial charge in [-0.15, -0.1) is 0 Å². The standard InChI is InChI=1S/C11H12ClF6NO3/c12-7(20)5-3-1-2-4-6-8(21)22-9(19-6,10(13,14)15)11(16,17)18/h6,19H,1-5H2/t6-/m0/s1. The summed E-state index contributed by atoms with van der Waals surface area (Å²) in [5, 5.41) is 0.628. The molecular formula is C11H12ClF6NO3. The third-order valence-corrected chi connectivity index (χ3v) is 3.27. The van der Waals surface area contributed by atoms with E-state index in [1.54, 1.807) is 0 Å². The van der Waals surface area contributed by atoms with Crippen LogP contribution in [0.5, 0.6) is 0 Å². The van der Waals surface area contributed by atoms with Gasteiger partial charge in [-0.3, -0.25) is 14.9 Å². The normalized spacial score (nSPS) is 21.8. The molecule has 1 rings (SSSR count). The molecule has 128 valence electrons. The molecule has 0 radical (unpaired) electrons. The molecule has 1 aliphatic rings. The van der Waals surface area contributed by atoms with E-state index in [-0.39, 0.29) is 19.3 Å². The maximum atomic E-state index is 12.7. The van der Waals surface area contributed by atoms with Gasteiger partial charge in [-0.05, 0) is 24.4 Å². The van der Waals surface area contributed by atoms with Crippen molar-refractivity contribution in [1.82, 2.24) is 5.32 Å². The molecule has 0 amide bonds. The lowest BCUT2D eigenvalue weighted by atomic mass is 10.1. The maximum Gasteiger partial charge on any atom is 0.452 e. The number of esters is 1. The Morgan fingerprint density at radius 3 is 2.09 bits per heavy atom. The highest BCUT2D eigenvalue weighted by molar-refractivity contribution is 6.63. The molecular weight excluding hydrogens is 344 g/mol. The van der Waals surface area contributed by atoms with Crippen LogP contribution in [0.2, 0.25) is 0 Å². The van der Waals surface area contributed by atoms with Crippen molar-refractivity contribution in [2.45, 2.75) is 56.2 Å². The zero-order chi connectivity index (χ0) is 17.2. The second-order valence-corrected chi connectivity index (χ2v) is 5.17. The number of unbranched alkanes of at least 4 members (excludes halogenated alkanes) is 2. The topological polar surface area (TPSA) is 55.4 Å². The average Bonchev–Trinajstić information content (AvgIpc) is 2.66. The summed E-state index contributed by atoms with van der Waals surface area (Å²) in [6.45, 7) is 0. The van der Waals surface area contributed by atoms with E-state index in [9.17, 15) is 35.9 Å². The first-order valence-corrected chi connectivity index (χ1v) is 6.61. The molecule has 11 heteroatoms. The third kappa shape index (κ3) is 4.03. The van der Waals surface area contributed by atoms with Crippen LogP contribution >= 0.6 is 11.6 Å². The summed E-state index contributed by atoms with van der Waals surface area (Å²) in [5.74, 6) is -1.61. The Balaban J connectivity index is 2.66. The van der Waals surface area contributed by atoms with Gasteiger partial charge in [0, 0.05) is 6.42 Å². The van der Waals surface area contributed by atoms with Gasteiger partial charge in [0.15, 0.2) is 0 Å². The van der Waals surface area contributed by atoms with E-state index in [2.05, 4.69) is 4.74 Å². The molecule has 0 aliphatic carbocycles. The average molecular weight is 356 g/mol. The second kappa shape index (κ2) is 6.61. The van der Waals surface area contributed by atoms with E-state index >= 15 is 0 Å². The van der Waals surface area contributed by atoms with E-state index in [0.717, 1.165) is 0 Å². The van der Waals surface area contributed by atoms with Crippen molar-refractivity contribution < 1.29 is 40.7 Å². The monoisotopic (exact) mass is 355 g/mol. The number of ether oxygens (including phenoxy) is 1. The summed E-state index contributed by atoms with van der Waals surface area (Å²) in [6.07, 6.45) is -11.1. The third-order valence-electron chi connectivity index (χ3n) is 3.08. The Hall–Kier alpha value is -1.03. The molecule has 0 aromatic rings. The van der Waals surface area contributed by atoms with Gasteiger partial charge in [0.2, 0.25) is 5.24 Å². The predicted octanol–water partition coefficient (Wildman–Crippen LogP) is 3.04. The molecule has 0 unspecified atom stereocenters. The SMILES string of the molecule is O=C(Cl)CCCCC[C@@H]1NC(C(F)(F)F)(C(F)(F)F)OC1=O. The van der Waals surface area contributed by atoms with Crippen molar-refractivity contribution in [2.75, 3.05) is 0 Å². The smallest absolute Gasteiger partial charge is 0.424 e. The molecule has 1 saturated heterocycles. The Morgan fingerprint density at radius 2 is 1.68 bits per heavy atom. The van der Waals surface area contributed by atoms with Gasteiger partial charge in [-0.25, -0.2) is 0 Å². The molecule has 1 fully saturated rings. The highest BCUT2D eigenvalue weighted by Gasteiger charge is 2.78. The van der Waals surface area contributed by atoms with E-state index < -0.39 is 35.3 Å². The Bertz CT molecular complexity index is 423. The van der Waals surface area contributed by atoms with Crippen LogP contribution in [0.1, 0.15) is 32.1 Å². The van der Waals surface area contributed by atoms with Crippen LogP contribution in [0.25, 0.3) is 0 Å². The number of cyclic esters (lactones) is 1. The molecule has 0 aromatic heterocycles. The molecule has 0 aromatic carbocycles. The minimum Gasteiger partial charge on any atom is -0.424 e. The minimum absolute atomic E-state index is 0.0408. The summed E-state index contributed by atoms with van der Waals surface area (Å²) in [6, 6.07) is -1.71. The number of rotatable bonds is 6.